The maximum Gasteiger partial charge on any atom is 0.387 e. The summed E-state index contributed by atoms with van der Waals surface area (Å²) < 4.78 is 29.6. The van der Waals surface area contributed by atoms with E-state index in [0.29, 0.717) is 14.5 Å². The fourth-order valence-corrected chi connectivity index (χ4v) is 2.46. The monoisotopic (exact) mass is 339 g/mol. The predicted molar refractivity (Wildman–Crippen MR) is 57.8 cm³/mol. The standard InChI is InChI=1S/C9H5Br2F2NO/c10-6-3-5(1-2-14)8(7(11)4-6)15-9(12)13/h3-4,9H,1H2. The third-order valence-corrected chi connectivity index (χ3v) is 2.61. The summed E-state index contributed by atoms with van der Waals surface area (Å²) in [7, 11) is 0. The first-order chi connectivity index (χ1) is 7.04. The molecular formula is C9H5Br2F2NO. The van der Waals surface area contributed by atoms with Crippen LogP contribution in [-0.4, -0.2) is 6.61 Å². The van der Waals surface area contributed by atoms with Gasteiger partial charge in [-0.3, -0.25) is 0 Å². The average Bonchev–Trinajstić information content (AvgIpc) is 2.11. The molecule has 0 amide bonds. The lowest BCUT2D eigenvalue weighted by atomic mass is 10.1. The number of alkyl halides is 2. The topological polar surface area (TPSA) is 33.0 Å². The van der Waals surface area contributed by atoms with E-state index in [-0.39, 0.29) is 12.2 Å². The normalized spacial score (nSPS) is 10.1. The number of nitrogens with zero attached hydrogens (tertiary/aromatic N) is 1. The largest absolute Gasteiger partial charge is 0.433 e. The number of ether oxygens (including phenoxy) is 1. The Hall–Kier alpha value is -0.670. The maximum atomic E-state index is 12.1. The minimum absolute atomic E-state index is 0.00903. The molecule has 0 aliphatic heterocycles. The molecule has 0 spiro atoms. The Balaban J connectivity index is 3.15. The fourth-order valence-electron chi connectivity index (χ4n) is 1.05. The molecule has 0 fully saturated rings. The van der Waals surface area contributed by atoms with Gasteiger partial charge in [-0.15, -0.1) is 0 Å². The first-order valence-electron chi connectivity index (χ1n) is 3.84. The van der Waals surface area contributed by atoms with Crippen molar-refractivity contribution in [1.29, 1.82) is 5.26 Å². The van der Waals surface area contributed by atoms with E-state index in [4.69, 9.17) is 5.26 Å². The van der Waals surface area contributed by atoms with Crippen molar-refractivity contribution >= 4 is 31.9 Å². The predicted octanol–water partition coefficient (Wildman–Crippen LogP) is 3.88. The molecule has 0 heterocycles. The van der Waals surface area contributed by atoms with Crippen molar-refractivity contribution in [2.75, 3.05) is 0 Å². The highest BCUT2D eigenvalue weighted by molar-refractivity contribution is 9.11. The van der Waals surface area contributed by atoms with E-state index in [1.807, 2.05) is 6.07 Å². The average molecular weight is 341 g/mol. The fraction of sp³-hybridized carbons (Fsp3) is 0.222. The lowest BCUT2D eigenvalue weighted by Crippen LogP contribution is -2.05. The molecule has 0 aliphatic rings. The van der Waals surface area contributed by atoms with Gasteiger partial charge in [-0.2, -0.15) is 14.0 Å². The molecule has 0 aromatic heterocycles. The van der Waals surface area contributed by atoms with Gasteiger partial charge in [-0.1, -0.05) is 15.9 Å². The van der Waals surface area contributed by atoms with Gasteiger partial charge in [0.05, 0.1) is 17.0 Å². The van der Waals surface area contributed by atoms with Gasteiger partial charge in [-0.25, -0.2) is 0 Å². The van der Waals surface area contributed by atoms with Crippen molar-refractivity contribution in [3.63, 3.8) is 0 Å². The van der Waals surface area contributed by atoms with Crippen LogP contribution in [0.15, 0.2) is 21.1 Å². The number of hydrogen-bond acceptors (Lipinski definition) is 2. The molecule has 0 bridgehead atoms. The molecule has 1 rings (SSSR count). The highest BCUT2D eigenvalue weighted by Gasteiger charge is 2.14. The molecule has 0 atom stereocenters. The highest BCUT2D eigenvalue weighted by Crippen LogP contribution is 2.34. The van der Waals surface area contributed by atoms with Crippen LogP contribution in [0.1, 0.15) is 5.56 Å². The quantitative estimate of drug-likeness (QED) is 0.836. The van der Waals surface area contributed by atoms with Crippen LogP contribution in [0.5, 0.6) is 5.75 Å². The third-order valence-electron chi connectivity index (χ3n) is 1.56. The first-order valence-corrected chi connectivity index (χ1v) is 5.43. The van der Waals surface area contributed by atoms with Crippen molar-refractivity contribution < 1.29 is 13.5 Å². The number of hydrogen-bond donors (Lipinski definition) is 0. The van der Waals surface area contributed by atoms with E-state index < -0.39 is 6.61 Å². The summed E-state index contributed by atoms with van der Waals surface area (Å²) in [6.45, 7) is -2.90. The number of nitriles is 1. The molecule has 80 valence electrons. The molecule has 15 heavy (non-hydrogen) atoms. The minimum atomic E-state index is -2.90. The van der Waals surface area contributed by atoms with Crippen LogP contribution in [0.2, 0.25) is 0 Å². The summed E-state index contributed by atoms with van der Waals surface area (Å²) in [5, 5.41) is 8.54. The Morgan fingerprint density at radius 3 is 2.60 bits per heavy atom. The third kappa shape index (κ3) is 3.43. The van der Waals surface area contributed by atoms with Crippen molar-refractivity contribution in [2.24, 2.45) is 0 Å². The molecule has 1 aromatic rings. The van der Waals surface area contributed by atoms with Gasteiger partial charge in [0.1, 0.15) is 5.75 Å². The van der Waals surface area contributed by atoms with Crippen LogP contribution in [-0.2, 0) is 6.42 Å². The van der Waals surface area contributed by atoms with E-state index in [0.717, 1.165) is 0 Å². The molecular weight excluding hydrogens is 336 g/mol. The SMILES string of the molecule is N#CCc1cc(Br)cc(Br)c1OC(F)F. The van der Waals surface area contributed by atoms with Gasteiger partial charge >= 0.3 is 6.61 Å². The molecule has 0 N–H and O–H groups in total. The minimum Gasteiger partial charge on any atom is -0.433 e. The molecule has 0 unspecified atom stereocenters. The van der Waals surface area contributed by atoms with E-state index in [1.54, 1.807) is 12.1 Å². The molecule has 0 radical (unpaired) electrons. The van der Waals surface area contributed by atoms with Gasteiger partial charge in [0.25, 0.3) is 0 Å². The Bertz CT molecular complexity index is 404. The summed E-state index contributed by atoms with van der Waals surface area (Å²) in [4.78, 5) is 0. The van der Waals surface area contributed by atoms with Gasteiger partial charge in [0, 0.05) is 10.0 Å². The Kier molecular flexibility index (Phi) is 4.48. The highest BCUT2D eigenvalue weighted by atomic mass is 79.9. The van der Waals surface area contributed by atoms with Crippen molar-refractivity contribution in [3.05, 3.63) is 26.6 Å². The second-order valence-corrected chi connectivity index (χ2v) is 4.36. The zero-order valence-electron chi connectivity index (χ0n) is 7.31. The number of benzene rings is 1. The van der Waals surface area contributed by atoms with Crippen LogP contribution in [0.4, 0.5) is 8.78 Å². The summed E-state index contributed by atoms with van der Waals surface area (Å²) in [5.74, 6) is 0.00903. The Morgan fingerprint density at radius 2 is 2.07 bits per heavy atom. The van der Waals surface area contributed by atoms with Crippen LogP contribution >= 0.6 is 31.9 Å². The lowest BCUT2D eigenvalue weighted by Gasteiger charge is -2.11. The van der Waals surface area contributed by atoms with Crippen LogP contribution in [0.3, 0.4) is 0 Å². The number of rotatable bonds is 3. The van der Waals surface area contributed by atoms with E-state index in [2.05, 4.69) is 36.6 Å². The van der Waals surface area contributed by atoms with Gasteiger partial charge in [0.2, 0.25) is 0 Å². The Morgan fingerprint density at radius 1 is 1.40 bits per heavy atom. The molecule has 0 saturated carbocycles. The second-order valence-electron chi connectivity index (χ2n) is 2.59. The molecule has 1 aromatic carbocycles. The summed E-state index contributed by atoms with van der Waals surface area (Å²) in [6, 6.07) is 5.04. The van der Waals surface area contributed by atoms with E-state index in [9.17, 15) is 8.78 Å². The number of halogens is 4. The zero-order valence-corrected chi connectivity index (χ0v) is 10.5. The Labute approximate surface area is 102 Å². The van der Waals surface area contributed by atoms with Crippen molar-refractivity contribution in [1.82, 2.24) is 0 Å². The van der Waals surface area contributed by atoms with Crippen LogP contribution in [0, 0.1) is 11.3 Å². The molecule has 0 aliphatic carbocycles. The zero-order chi connectivity index (χ0) is 11.4. The summed E-state index contributed by atoms with van der Waals surface area (Å²) in [6.07, 6.45) is 0.0140. The van der Waals surface area contributed by atoms with E-state index >= 15 is 0 Å². The summed E-state index contributed by atoms with van der Waals surface area (Å²) in [5.41, 5.74) is 0.416. The maximum absolute atomic E-state index is 12.1. The smallest absolute Gasteiger partial charge is 0.387 e. The molecule has 0 saturated heterocycles. The van der Waals surface area contributed by atoms with Crippen LogP contribution < -0.4 is 4.74 Å². The lowest BCUT2D eigenvalue weighted by molar-refractivity contribution is -0.0508. The molecule has 6 heteroatoms. The molecule has 2 nitrogen and oxygen atoms in total. The van der Waals surface area contributed by atoms with E-state index in [1.165, 1.54) is 0 Å². The van der Waals surface area contributed by atoms with Crippen molar-refractivity contribution in [2.45, 2.75) is 13.0 Å². The second kappa shape index (κ2) is 5.42. The van der Waals surface area contributed by atoms with Crippen LogP contribution in [0.25, 0.3) is 0 Å². The van der Waals surface area contributed by atoms with Gasteiger partial charge < -0.3 is 4.74 Å². The first kappa shape index (κ1) is 12.4. The van der Waals surface area contributed by atoms with Gasteiger partial charge in [0.15, 0.2) is 0 Å². The van der Waals surface area contributed by atoms with Gasteiger partial charge in [-0.05, 0) is 28.1 Å². The summed E-state index contributed by atoms with van der Waals surface area (Å²) >= 11 is 6.30. The van der Waals surface area contributed by atoms with Crippen molar-refractivity contribution in [3.8, 4) is 11.8 Å².